The van der Waals surface area contributed by atoms with Crippen LogP contribution in [0, 0.1) is 0 Å². The van der Waals surface area contributed by atoms with Gasteiger partial charge in [-0.3, -0.25) is 4.40 Å². The van der Waals surface area contributed by atoms with Gasteiger partial charge in [-0.15, -0.1) is 10.2 Å². The molecule has 0 atom stereocenters. The topological polar surface area (TPSA) is 89.3 Å². The molecule has 0 amide bonds. The van der Waals surface area contributed by atoms with E-state index in [1.54, 1.807) is 0 Å². The summed E-state index contributed by atoms with van der Waals surface area (Å²) in [6, 6.07) is 24.8. The number of aliphatic hydroxyl groups is 1. The fourth-order valence-corrected chi connectivity index (χ4v) is 5.43. The summed E-state index contributed by atoms with van der Waals surface area (Å²) in [6.45, 7) is 3.93. The van der Waals surface area contributed by atoms with Crippen LogP contribution in [0.5, 0.6) is 0 Å². The van der Waals surface area contributed by atoms with Gasteiger partial charge in [-0.2, -0.15) is 0 Å². The van der Waals surface area contributed by atoms with E-state index in [1.165, 1.54) is 0 Å². The summed E-state index contributed by atoms with van der Waals surface area (Å²) < 4.78 is 2.10. The molecule has 6 nitrogen and oxygen atoms in total. The predicted molar refractivity (Wildman–Crippen MR) is 134 cm³/mol. The van der Waals surface area contributed by atoms with Crippen molar-refractivity contribution in [3.63, 3.8) is 0 Å². The first kappa shape index (κ1) is 21.0. The molecule has 1 saturated carbocycles. The van der Waals surface area contributed by atoms with Crippen molar-refractivity contribution in [2.24, 2.45) is 5.73 Å². The van der Waals surface area contributed by atoms with Crippen LogP contribution in [-0.2, 0) is 12.0 Å². The SMILES string of the molecule is CCc1nnc2ccc3nc(-c4ccc([C@]5(N)C[C@@](C)(O)C5)cc4)c(-c4ccccc4)cc3n12. The van der Waals surface area contributed by atoms with Crippen LogP contribution in [0.25, 0.3) is 39.1 Å². The second kappa shape index (κ2) is 7.45. The van der Waals surface area contributed by atoms with Crippen molar-refractivity contribution in [2.45, 2.75) is 44.2 Å². The summed E-state index contributed by atoms with van der Waals surface area (Å²) in [5, 5.41) is 18.9. The number of rotatable bonds is 4. The van der Waals surface area contributed by atoms with Gasteiger partial charge in [-0.25, -0.2) is 4.98 Å². The van der Waals surface area contributed by atoms with E-state index >= 15 is 0 Å². The van der Waals surface area contributed by atoms with Crippen LogP contribution in [0.4, 0.5) is 0 Å². The Morgan fingerprint density at radius 3 is 2.35 bits per heavy atom. The first-order chi connectivity index (χ1) is 16.4. The third-order valence-electron chi connectivity index (χ3n) is 6.94. The van der Waals surface area contributed by atoms with Crippen molar-refractivity contribution in [1.82, 2.24) is 19.6 Å². The zero-order valence-electron chi connectivity index (χ0n) is 19.4. The van der Waals surface area contributed by atoms with Gasteiger partial charge in [0.25, 0.3) is 0 Å². The average Bonchev–Trinajstić information content (AvgIpc) is 3.26. The Bertz CT molecular complexity index is 1510. The maximum atomic E-state index is 10.2. The van der Waals surface area contributed by atoms with E-state index in [-0.39, 0.29) is 0 Å². The Kier molecular flexibility index (Phi) is 4.59. The zero-order valence-corrected chi connectivity index (χ0v) is 19.4. The van der Waals surface area contributed by atoms with Crippen molar-refractivity contribution < 1.29 is 5.11 Å². The molecule has 3 heterocycles. The molecule has 0 saturated heterocycles. The molecular formula is C28H27N5O. The second-order valence-electron chi connectivity index (χ2n) is 9.74. The number of hydrogen-bond acceptors (Lipinski definition) is 5. The summed E-state index contributed by atoms with van der Waals surface area (Å²) in [5.74, 6) is 0.920. The van der Waals surface area contributed by atoms with Gasteiger partial charge in [0.1, 0.15) is 5.82 Å². The molecule has 6 rings (SSSR count). The minimum absolute atomic E-state index is 0.475. The standard InChI is InChI=1S/C28H27N5O/c1-3-24-31-32-25-14-13-22-23(33(24)25)15-21(18-7-5-4-6-8-18)26(30-22)19-9-11-20(12-10-19)28(29)16-27(2,34)17-28/h4-15,34H,3,16-17,29H2,1-2H3/t27-,28+. The molecule has 1 aliphatic rings. The molecule has 34 heavy (non-hydrogen) atoms. The van der Waals surface area contributed by atoms with E-state index in [9.17, 15) is 5.11 Å². The first-order valence-electron chi connectivity index (χ1n) is 11.7. The van der Waals surface area contributed by atoms with Crippen molar-refractivity contribution in [3.05, 3.63) is 84.2 Å². The van der Waals surface area contributed by atoms with Crippen molar-refractivity contribution in [3.8, 4) is 22.4 Å². The number of pyridine rings is 2. The lowest BCUT2D eigenvalue weighted by molar-refractivity contribution is -0.0738. The van der Waals surface area contributed by atoms with Gasteiger partial charge in [0.2, 0.25) is 0 Å². The number of benzene rings is 2. The summed E-state index contributed by atoms with van der Waals surface area (Å²) in [4.78, 5) is 5.13. The Hall–Kier alpha value is -3.61. The van der Waals surface area contributed by atoms with Gasteiger partial charge in [0.05, 0.1) is 22.3 Å². The van der Waals surface area contributed by atoms with E-state index in [4.69, 9.17) is 10.7 Å². The summed E-state index contributed by atoms with van der Waals surface area (Å²) in [5.41, 5.74) is 13.3. The molecule has 6 heteroatoms. The molecule has 170 valence electrons. The Balaban J connectivity index is 1.53. The van der Waals surface area contributed by atoms with Crippen LogP contribution >= 0.6 is 0 Å². The number of aryl methyl sites for hydroxylation is 1. The van der Waals surface area contributed by atoms with E-state index < -0.39 is 11.1 Å². The molecule has 5 aromatic rings. The van der Waals surface area contributed by atoms with Crippen molar-refractivity contribution >= 4 is 16.7 Å². The number of nitrogens with zero attached hydrogens (tertiary/aromatic N) is 4. The van der Waals surface area contributed by atoms with Gasteiger partial charge < -0.3 is 10.8 Å². The van der Waals surface area contributed by atoms with E-state index in [0.29, 0.717) is 12.8 Å². The monoisotopic (exact) mass is 449 g/mol. The molecule has 0 unspecified atom stereocenters. The lowest BCUT2D eigenvalue weighted by Gasteiger charge is -2.49. The molecule has 0 spiro atoms. The lowest BCUT2D eigenvalue weighted by Crippen LogP contribution is -2.58. The molecule has 0 bridgehead atoms. The van der Waals surface area contributed by atoms with E-state index in [2.05, 4.69) is 64.0 Å². The van der Waals surface area contributed by atoms with Crippen LogP contribution in [0.3, 0.4) is 0 Å². The van der Waals surface area contributed by atoms with E-state index in [1.807, 2.05) is 37.3 Å². The molecule has 3 N–H and O–H groups in total. The Morgan fingerprint density at radius 1 is 0.941 bits per heavy atom. The average molecular weight is 450 g/mol. The third kappa shape index (κ3) is 3.30. The predicted octanol–water partition coefficient (Wildman–Crippen LogP) is 4.87. The minimum Gasteiger partial charge on any atom is -0.390 e. The van der Waals surface area contributed by atoms with Crippen LogP contribution in [0.2, 0.25) is 0 Å². The molecule has 3 aromatic heterocycles. The molecule has 1 aliphatic carbocycles. The highest BCUT2D eigenvalue weighted by Gasteiger charge is 2.49. The van der Waals surface area contributed by atoms with Crippen molar-refractivity contribution in [1.29, 1.82) is 0 Å². The van der Waals surface area contributed by atoms with Gasteiger partial charge in [-0.05, 0) is 49.1 Å². The molecule has 2 aromatic carbocycles. The fraction of sp³-hybridized carbons (Fsp3) is 0.250. The molecule has 0 radical (unpaired) electrons. The maximum Gasteiger partial charge on any atom is 0.161 e. The minimum atomic E-state index is -0.682. The largest absolute Gasteiger partial charge is 0.390 e. The quantitative estimate of drug-likeness (QED) is 0.408. The van der Waals surface area contributed by atoms with E-state index in [0.717, 1.165) is 56.9 Å². The first-order valence-corrected chi connectivity index (χ1v) is 11.7. The molecule has 0 aliphatic heterocycles. The van der Waals surface area contributed by atoms with Crippen LogP contribution in [0.15, 0.2) is 72.8 Å². The number of nitrogens with two attached hydrogens (primary N) is 1. The molecular weight excluding hydrogens is 422 g/mol. The molecule has 1 fully saturated rings. The fourth-order valence-electron chi connectivity index (χ4n) is 5.43. The zero-order chi connectivity index (χ0) is 23.5. The summed E-state index contributed by atoms with van der Waals surface area (Å²) in [7, 11) is 0. The lowest BCUT2D eigenvalue weighted by atomic mass is 9.63. The highest BCUT2D eigenvalue weighted by atomic mass is 16.3. The Labute approximate surface area is 198 Å². The van der Waals surface area contributed by atoms with Crippen LogP contribution < -0.4 is 5.73 Å². The Morgan fingerprint density at radius 2 is 1.68 bits per heavy atom. The summed E-state index contributed by atoms with van der Waals surface area (Å²) >= 11 is 0. The van der Waals surface area contributed by atoms with Gasteiger partial charge in [0, 0.05) is 23.1 Å². The second-order valence-corrected chi connectivity index (χ2v) is 9.74. The van der Waals surface area contributed by atoms with Gasteiger partial charge in [-0.1, -0.05) is 61.5 Å². The maximum absolute atomic E-state index is 10.2. The third-order valence-corrected chi connectivity index (χ3v) is 6.94. The van der Waals surface area contributed by atoms with Crippen LogP contribution in [0.1, 0.15) is 38.1 Å². The number of aromatic nitrogens is 4. The smallest absolute Gasteiger partial charge is 0.161 e. The van der Waals surface area contributed by atoms with Crippen LogP contribution in [-0.4, -0.2) is 30.3 Å². The highest BCUT2D eigenvalue weighted by Crippen LogP contribution is 2.46. The normalized spacial score (nSPS) is 22.2. The summed E-state index contributed by atoms with van der Waals surface area (Å²) in [6.07, 6.45) is 1.92. The van der Waals surface area contributed by atoms with Gasteiger partial charge in [0.15, 0.2) is 5.65 Å². The highest BCUT2D eigenvalue weighted by molar-refractivity contribution is 5.91. The van der Waals surface area contributed by atoms with Crippen molar-refractivity contribution in [2.75, 3.05) is 0 Å². The number of fused-ring (bicyclic) bond motifs is 3. The van der Waals surface area contributed by atoms with Gasteiger partial charge >= 0.3 is 0 Å². The number of hydrogen-bond donors (Lipinski definition) is 2.